The lowest BCUT2D eigenvalue weighted by atomic mass is 10.2. The number of nitrogen functional groups attached to an aromatic ring is 1. The van der Waals surface area contributed by atoms with Crippen LogP contribution in [0.15, 0.2) is 41.2 Å². The molecule has 0 amide bonds. The van der Waals surface area contributed by atoms with Gasteiger partial charge in [-0.3, -0.25) is 9.13 Å². The van der Waals surface area contributed by atoms with Crippen molar-refractivity contribution < 1.29 is 4.57 Å². The van der Waals surface area contributed by atoms with Crippen molar-refractivity contribution in [1.82, 2.24) is 19.1 Å². The smallest absolute Gasteiger partial charge is 0.339 e. The topological polar surface area (TPSA) is 111 Å². The summed E-state index contributed by atoms with van der Waals surface area (Å²) in [5.41, 5.74) is 13.7. The van der Waals surface area contributed by atoms with E-state index in [9.17, 15) is 9.36 Å². The molecule has 5 rings (SSSR count). The summed E-state index contributed by atoms with van der Waals surface area (Å²) in [7, 11) is 5.40. The number of rotatable bonds is 1. The summed E-state index contributed by atoms with van der Waals surface area (Å²) in [6, 6.07) is 11.2. The fourth-order valence-corrected chi connectivity index (χ4v) is 4.23. The Bertz CT molecular complexity index is 1820. The standard InChI is InChI=1S/C9H8Cl2N2.C9H9ClN2O.C8H11ClN2.Cl3OP/c1-5-3-7-8(4-6(5)10)13(2)9(11)12-7;1-5-3-7-8(4-6(5)10)12(2)9(13)11-7;1-5-3-7(10)8(11-2)4-6(5)9;1-5(2,3)4/h3-4H,1-2H3;3-4H,1-2H3,(H,11,13);3-4,11H,10H2,1-2H3;. The van der Waals surface area contributed by atoms with Gasteiger partial charge in [-0.25, -0.2) is 9.78 Å². The van der Waals surface area contributed by atoms with Crippen molar-refractivity contribution in [3.8, 4) is 0 Å². The van der Waals surface area contributed by atoms with Crippen molar-refractivity contribution in [3.63, 3.8) is 0 Å². The van der Waals surface area contributed by atoms with Crippen LogP contribution in [0.1, 0.15) is 16.7 Å². The van der Waals surface area contributed by atoms with Crippen LogP contribution in [-0.4, -0.2) is 26.1 Å². The predicted molar refractivity (Wildman–Crippen MR) is 184 cm³/mol. The number of aromatic nitrogens is 4. The molecule has 5 aromatic rings. The first-order valence-corrected chi connectivity index (χ1v) is 17.8. The number of hydrogen-bond donors (Lipinski definition) is 3. The van der Waals surface area contributed by atoms with Gasteiger partial charge in [-0.1, -0.05) is 34.8 Å². The molecule has 0 atom stereocenters. The maximum Gasteiger partial charge on any atom is 0.339 e. The van der Waals surface area contributed by atoms with Gasteiger partial charge in [0, 0.05) is 36.2 Å². The van der Waals surface area contributed by atoms with Gasteiger partial charge < -0.3 is 20.6 Å². The molecule has 228 valence electrons. The van der Waals surface area contributed by atoms with Crippen LogP contribution in [0, 0.1) is 20.8 Å². The van der Waals surface area contributed by atoms with Gasteiger partial charge in [0.1, 0.15) is 0 Å². The van der Waals surface area contributed by atoms with E-state index in [1.54, 1.807) is 17.7 Å². The molecule has 0 aliphatic carbocycles. The minimum atomic E-state index is -3.22. The molecule has 16 heteroatoms. The molecule has 0 fully saturated rings. The average molecular weight is 736 g/mol. The number of nitrogens with zero attached hydrogens (tertiary/aromatic N) is 3. The van der Waals surface area contributed by atoms with Gasteiger partial charge in [0.2, 0.25) is 5.28 Å². The van der Waals surface area contributed by atoms with E-state index in [2.05, 4.69) is 49.0 Å². The highest BCUT2D eigenvalue weighted by Crippen LogP contribution is 2.61. The number of benzene rings is 3. The van der Waals surface area contributed by atoms with Gasteiger partial charge >= 0.3 is 10.9 Å². The number of nitrogens with two attached hydrogens (primary N) is 1. The van der Waals surface area contributed by atoms with Gasteiger partial charge in [0.05, 0.1) is 33.4 Å². The highest BCUT2D eigenvalue weighted by atomic mass is 36.0. The number of hydrogen-bond acceptors (Lipinski definition) is 5. The lowest BCUT2D eigenvalue weighted by molar-refractivity contribution is 0.600. The molecule has 0 spiro atoms. The summed E-state index contributed by atoms with van der Waals surface area (Å²) in [6.45, 7) is 5.79. The van der Waals surface area contributed by atoms with E-state index < -0.39 is 5.20 Å². The molecule has 0 saturated heterocycles. The van der Waals surface area contributed by atoms with E-state index >= 15 is 0 Å². The van der Waals surface area contributed by atoms with Crippen molar-refractivity contribution in [3.05, 3.63) is 83.9 Å². The van der Waals surface area contributed by atoms with Crippen LogP contribution in [-0.2, 0) is 18.7 Å². The Kier molecular flexibility index (Phi) is 13.3. The number of aromatic amines is 1. The summed E-state index contributed by atoms with van der Waals surface area (Å²) in [5, 5.41) is 2.38. The van der Waals surface area contributed by atoms with E-state index in [0.29, 0.717) is 10.3 Å². The van der Waals surface area contributed by atoms with Crippen LogP contribution in [0.2, 0.25) is 20.4 Å². The molecule has 0 radical (unpaired) electrons. The first-order valence-electron chi connectivity index (χ1n) is 11.9. The zero-order valence-electron chi connectivity index (χ0n) is 23.3. The molecule has 0 aliphatic rings. The summed E-state index contributed by atoms with van der Waals surface area (Å²) >= 11 is 37.5. The quantitative estimate of drug-likeness (QED) is 0.117. The monoisotopic (exact) mass is 732 g/mol. The molecule has 3 aromatic carbocycles. The van der Waals surface area contributed by atoms with Crippen LogP contribution in [0.3, 0.4) is 0 Å². The van der Waals surface area contributed by atoms with Crippen LogP contribution < -0.4 is 16.7 Å². The predicted octanol–water partition coefficient (Wildman–Crippen LogP) is 10.1. The number of imidazole rings is 2. The molecule has 42 heavy (non-hydrogen) atoms. The van der Waals surface area contributed by atoms with Gasteiger partial charge in [0.15, 0.2) is 0 Å². The number of nitrogens with one attached hydrogen (secondary N) is 2. The van der Waals surface area contributed by atoms with Gasteiger partial charge in [0.25, 0.3) is 0 Å². The summed E-state index contributed by atoms with van der Waals surface area (Å²) < 4.78 is 12.9. The Labute approximate surface area is 277 Å². The lowest BCUT2D eigenvalue weighted by Gasteiger charge is -2.06. The fraction of sp³-hybridized carbons (Fsp3) is 0.231. The summed E-state index contributed by atoms with van der Waals surface area (Å²) in [5.74, 6) is 0. The second-order valence-electron chi connectivity index (χ2n) is 8.97. The second kappa shape index (κ2) is 15.3. The highest BCUT2D eigenvalue weighted by Gasteiger charge is 2.08. The third-order valence-corrected chi connectivity index (χ3v) is 7.45. The van der Waals surface area contributed by atoms with Crippen molar-refractivity contribution in [2.24, 2.45) is 14.1 Å². The Morgan fingerprint density at radius 3 is 1.83 bits per heavy atom. The van der Waals surface area contributed by atoms with E-state index in [1.807, 2.05) is 69.8 Å². The van der Waals surface area contributed by atoms with Crippen LogP contribution in [0.4, 0.5) is 11.4 Å². The highest BCUT2D eigenvalue weighted by molar-refractivity contribution is 8.24. The van der Waals surface area contributed by atoms with Crippen molar-refractivity contribution in [2.75, 3.05) is 18.1 Å². The second-order valence-corrected chi connectivity index (χ2v) is 17.2. The third kappa shape index (κ3) is 10.2. The molecule has 0 unspecified atom stereocenters. The first kappa shape index (κ1) is 36.5. The van der Waals surface area contributed by atoms with Crippen molar-refractivity contribution in [1.29, 1.82) is 0 Å². The minimum Gasteiger partial charge on any atom is -0.397 e. The zero-order chi connectivity index (χ0) is 32.1. The number of anilines is 2. The normalized spacial score (nSPS) is 10.8. The number of H-pyrrole nitrogens is 1. The molecule has 0 bridgehead atoms. The molecule has 8 nitrogen and oxygen atoms in total. The number of halogens is 7. The Morgan fingerprint density at radius 2 is 1.29 bits per heavy atom. The van der Waals surface area contributed by atoms with E-state index in [4.69, 9.17) is 52.1 Å². The Morgan fingerprint density at radius 1 is 0.810 bits per heavy atom. The van der Waals surface area contributed by atoms with Gasteiger partial charge in [-0.2, -0.15) is 0 Å². The molecule has 0 saturated carbocycles. The third-order valence-electron chi connectivity index (χ3n) is 5.89. The molecule has 2 heterocycles. The lowest BCUT2D eigenvalue weighted by Crippen LogP contribution is -2.11. The van der Waals surface area contributed by atoms with E-state index in [-0.39, 0.29) is 5.69 Å². The van der Waals surface area contributed by atoms with Crippen molar-refractivity contribution >= 4 is 119 Å². The van der Waals surface area contributed by atoms with Crippen molar-refractivity contribution in [2.45, 2.75) is 20.8 Å². The Hall–Kier alpha value is -1.74. The molecule has 2 aromatic heterocycles. The van der Waals surface area contributed by atoms with Gasteiger partial charge in [-0.15, -0.1) is 0 Å². The molecular weight excluding hydrogens is 707 g/mol. The zero-order valence-corrected chi connectivity index (χ0v) is 29.5. The number of fused-ring (bicyclic) bond motifs is 2. The SMILES string of the molecule is CNc1cc(Cl)c(C)cc1N.Cc1cc2[nH]c(=O)n(C)c2cc1Cl.Cc1cc2nc(Cl)n(C)c2cc1Cl.O=P(Cl)(Cl)Cl. The number of aryl methyl sites for hydroxylation is 5. The van der Waals surface area contributed by atoms with Gasteiger partial charge in [-0.05, 0) is 119 Å². The minimum absolute atomic E-state index is 0.114. The van der Waals surface area contributed by atoms with E-state index in [1.165, 1.54) is 0 Å². The van der Waals surface area contributed by atoms with Crippen LogP contribution in [0.25, 0.3) is 22.1 Å². The average Bonchev–Trinajstić information content (AvgIpc) is 3.30. The maximum atomic E-state index is 11.2. The summed E-state index contributed by atoms with van der Waals surface area (Å²) in [4.78, 5) is 18.2. The van der Waals surface area contributed by atoms with Crippen LogP contribution in [0.5, 0.6) is 0 Å². The maximum absolute atomic E-state index is 11.2. The first-order chi connectivity index (χ1) is 19.3. The largest absolute Gasteiger partial charge is 0.397 e. The van der Waals surface area contributed by atoms with E-state index in [0.717, 1.165) is 60.2 Å². The molecular formula is C26H28Cl7N6O2P. The molecule has 4 N–H and O–H groups in total. The summed E-state index contributed by atoms with van der Waals surface area (Å²) in [6.07, 6.45) is 0. The fourth-order valence-electron chi connectivity index (χ4n) is 3.57. The molecule has 0 aliphatic heterocycles. The van der Waals surface area contributed by atoms with Crippen LogP contribution >= 0.6 is 85.3 Å². The Balaban J connectivity index is 0.000000205.